The monoisotopic (exact) mass is 673 g/mol. The zero-order chi connectivity index (χ0) is 34.8. The summed E-state index contributed by atoms with van der Waals surface area (Å²) in [6.45, 7) is 9.91. The molecule has 1 fully saturated rings. The van der Waals surface area contributed by atoms with E-state index >= 15 is 0 Å². The molecule has 4 N–H and O–H groups in total. The molecule has 2 aliphatic rings. The quantitative estimate of drug-likeness (QED) is 0.200. The SMILES string of the molecule is CC(C)(C)OC(=O)NC(Cc1ccccc1)C(O)CC(Cc1cccc(OCCN2CCOCC2)c1)C(=O)N[C@H]1c2ccccc2C[C@@H]1O. The molecule has 0 bridgehead atoms. The number of morpholine rings is 1. The summed E-state index contributed by atoms with van der Waals surface area (Å²) in [7, 11) is 0. The van der Waals surface area contributed by atoms with Gasteiger partial charge in [-0.15, -0.1) is 0 Å². The number of rotatable bonds is 14. The van der Waals surface area contributed by atoms with Gasteiger partial charge in [0, 0.05) is 32.0 Å². The summed E-state index contributed by atoms with van der Waals surface area (Å²) in [5, 5.41) is 28.6. The Balaban J connectivity index is 1.34. The standard InChI is InChI=1S/C39H51N3O7/c1-39(2,3)49-38(46)40-33(24-27-10-5-4-6-11-27)34(43)26-30(37(45)41-36-32-15-8-7-13-29(32)25-35(36)44)22-28-12-9-14-31(23-28)48-21-18-42-16-19-47-20-17-42/h4-15,23,30,33-36,43-44H,16-22,24-26H2,1-3H3,(H,40,46)(H,41,45)/t30?,33?,34?,35-,36-/m0/s1. The van der Waals surface area contributed by atoms with Crippen molar-refractivity contribution in [2.75, 3.05) is 39.5 Å². The van der Waals surface area contributed by atoms with E-state index in [9.17, 15) is 19.8 Å². The molecule has 0 radical (unpaired) electrons. The zero-order valence-electron chi connectivity index (χ0n) is 28.8. The Morgan fingerprint density at radius 1 is 0.959 bits per heavy atom. The molecule has 5 rings (SSSR count). The second-order valence-electron chi connectivity index (χ2n) is 14.1. The first kappa shape index (κ1) is 36.3. The van der Waals surface area contributed by atoms with Crippen LogP contribution in [0.3, 0.4) is 0 Å². The largest absolute Gasteiger partial charge is 0.492 e. The lowest BCUT2D eigenvalue weighted by Gasteiger charge is -2.30. The minimum atomic E-state index is -1.09. The molecular formula is C39H51N3O7. The van der Waals surface area contributed by atoms with Gasteiger partial charge in [-0.3, -0.25) is 9.69 Å². The van der Waals surface area contributed by atoms with E-state index in [1.165, 1.54) is 0 Å². The number of carbonyl (C=O) groups is 2. The van der Waals surface area contributed by atoms with E-state index in [0.29, 0.717) is 31.6 Å². The first-order valence-corrected chi connectivity index (χ1v) is 17.3. The van der Waals surface area contributed by atoms with Gasteiger partial charge in [-0.25, -0.2) is 4.79 Å². The summed E-state index contributed by atoms with van der Waals surface area (Å²) in [5.74, 6) is -0.259. The Labute approximate surface area is 289 Å². The average molecular weight is 674 g/mol. The van der Waals surface area contributed by atoms with Crippen molar-refractivity contribution in [3.8, 4) is 5.75 Å². The molecule has 5 atom stereocenters. The molecule has 10 heteroatoms. The minimum Gasteiger partial charge on any atom is -0.492 e. The van der Waals surface area contributed by atoms with Crippen molar-refractivity contribution >= 4 is 12.0 Å². The van der Waals surface area contributed by atoms with Crippen molar-refractivity contribution in [1.29, 1.82) is 0 Å². The van der Waals surface area contributed by atoms with E-state index in [1.807, 2.05) is 78.9 Å². The number of fused-ring (bicyclic) bond motifs is 1. The van der Waals surface area contributed by atoms with Gasteiger partial charge in [0.25, 0.3) is 0 Å². The number of aliphatic hydroxyl groups excluding tert-OH is 2. The van der Waals surface area contributed by atoms with Crippen LogP contribution in [-0.2, 0) is 33.5 Å². The summed E-state index contributed by atoms with van der Waals surface area (Å²) in [6, 6.07) is 23.7. The summed E-state index contributed by atoms with van der Waals surface area (Å²) in [4.78, 5) is 29.3. The Hall–Kier alpha value is -3.96. The molecule has 49 heavy (non-hydrogen) atoms. The first-order valence-electron chi connectivity index (χ1n) is 17.3. The minimum absolute atomic E-state index is 0.0612. The Kier molecular flexibility index (Phi) is 12.7. The molecule has 1 aliphatic heterocycles. The maximum absolute atomic E-state index is 14.1. The molecule has 1 saturated heterocycles. The van der Waals surface area contributed by atoms with Gasteiger partial charge in [-0.05, 0) is 74.4 Å². The maximum atomic E-state index is 14.1. The van der Waals surface area contributed by atoms with Gasteiger partial charge >= 0.3 is 6.09 Å². The number of nitrogens with zero attached hydrogens (tertiary/aromatic N) is 1. The molecule has 1 heterocycles. The van der Waals surface area contributed by atoms with Crippen LogP contribution in [0.4, 0.5) is 4.79 Å². The molecule has 0 saturated carbocycles. The second kappa shape index (κ2) is 17.1. The van der Waals surface area contributed by atoms with E-state index in [2.05, 4.69) is 15.5 Å². The first-order chi connectivity index (χ1) is 23.5. The van der Waals surface area contributed by atoms with Gasteiger partial charge in [0.1, 0.15) is 18.0 Å². The number of hydrogen-bond donors (Lipinski definition) is 4. The third-order valence-electron chi connectivity index (χ3n) is 9.02. The van der Waals surface area contributed by atoms with Crippen LogP contribution in [0, 0.1) is 5.92 Å². The Bertz CT molecular complexity index is 1510. The van der Waals surface area contributed by atoms with Crippen LogP contribution in [-0.4, -0.2) is 90.4 Å². The number of aliphatic hydroxyl groups is 2. The van der Waals surface area contributed by atoms with Crippen LogP contribution in [0.25, 0.3) is 0 Å². The normalized spacial score (nSPS) is 19.7. The fraction of sp³-hybridized carbons (Fsp3) is 0.487. The predicted molar refractivity (Wildman–Crippen MR) is 187 cm³/mol. The number of alkyl carbamates (subject to hydrolysis) is 1. The highest BCUT2D eigenvalue weighted by molar-refractivity contribution is 5.80. The van der Waals surface area contributed by atoms with Crippen molar-refractivity contribution < 1.29 is 34.0 Å². The van der Waals surface area contributed by atoms with Gasteiger partial charge < -0.3 is 35.1 Å². The molecule has 264 valence electrons. The third-order valence-corrected chi connectivity index (χ3v) is 9.02. The zero-order valence-corrected chi connectivity index (χ0v) is 28.8. The average Bonchev–Trinajstić information content (AvgIpc) is 3.38. The van der Waals surface area contributed by atoms with Crippen molar-refractivity contribution in [1.82, 2.24) is 15.5 Å². The number of hydrogen-bond acceptors (Lipinski definition) is 8. The molecule has 3 aromatic rings. The lowest BCUT2D eigenvalue weighted by atomic mass is 9.88. The van der Waals surface area contributed by atoms with E-state index in [-0.39, 0.29) is 12.3 Å². The van der Waals surface area contributed by atoms with Crippen molar-refractivity contribution in [3.05, 3.63) is 101 Å². The molecule has 0 aromatic heterocycles. The molecule has 0 spiro atoms. The van der Waals surface area contributed by atoms with Gasteiger partial charge in [0.2, 0.25) is 5.91 Å². The van der Waals surface area contributed by atoms with Crippen LogP contribution in [0.1, 0.15) is 55.5 Å². The number of nitrogens with one attached hydrogen (secondary N) is 2. The van der Waals surface area contributed by atoms with E-state index in [1.54, 1.807) is 20.8 Å². The van der Waals surface area contributed by atoms with Crippen molar-refractivity contribution in [2.24, 2.45) is 5.92 Å². The maximum Gasteiger partial charge on any atom is 0.407 e. The lowest BCUT2D eigenvalue weighted by molar-refractivity contribution is -0.127. The molecular weight excluding hydrogens is 622 g/mol. The molecule has 10 nitrogen and oxygen atoms in total. The van der Waals surface area contributed by atoms with Gasteiger partial charge in [-0.2, -0.15) is 0 Å². The van der Waals surface area contributed by atoms with Crippen molar-refractivity contribution in [3.63, 3.8) is 0 Å². The molecule has 3 aromatic carbocycles. The van der Waals surface area contributed by atoms with Crippen LogP contribution in [0.5, 0.6) is 5.75 Å². The smallest absolute Gasteiger partial charge is 0.407 e. The van der Waals surface area contributed by atoms with E-state index < -0.39 is 41.9 Å². The lowest BCUT2D eigenvalue weighted by Crippen LogP contribution is -2.48. The number of ether oxygens (including phenoxy) is 3. The van der Waals surface area contributed by atoms with Crippen LogP contribution < -0.4 is 15.4 Å². The predicted octanol–water partition coefficient (Wildman–Crippen LogP) is 4.22. The molecule has 1 aliphatic carbocycles. The van der Waals surface area contributed by atoms with Gasteiger partial charge in [-0.1, -0.05) is 66.7 Å². The molecule has 3 unspecified atom stereocenters. The topological polar surface area (TPSA) is 130 Å². The third kappa shape index (κ3) is 11.0. The number of carbonyl (C=O) groups excluding carboxylic acids is 2. The summed E-state index contributed by atoms with van der Waals surface area (Å²) >= 11 is 0. The fourth-order valence-corrected chi connectivity index (χ4v) is 6.53. The van der Waals surface area contributed by atoms with E-state index in [4.69, 9.17) is 14.2 Å². The van der Waals surface area contributed by atoms with Gasteiger partial charge in [0.05, 0.1) is 37.5 Å². The highest BCUT2D eigenvalue weighted by Gasteiger charge is 2.35. The highest BCUT2D eigenvalue weighted by atomic mass is 16.6. The van der Waals surface area contributed by atoms with Crippen LogP contribution in [0.2, 0.25) is 0 Å². The Morgan fingerprint density at radius 2 is 1.67 bits per heavy atom. The summed E-state index contributed by atoms with van der Waals surface area (Å²) < 4.78 is 17.1. The summed E-state index contributed by atoms with van der Waals surface area (Å²) in [6.07, 6.45) is -1.30. The number of amides is 2. The summed E-state index contributed by atoms with van der Waals surface area (Å²) in [5.41, 5.74) is 2.98. The number of benzene rings is 3. The second-order valence-corrected chi connectivity index (χ2v) is 14.1. The van der Waals surface area contributed by atoms with Gasteiger partial charge in [0.15, 0.2) is 0 Å². The van der Waals surface area contributed by atoms with E-state index in [0.717, 1.165) is 55.1 Å². The van der Waals surface area contributed by atoms with Crippen LogP contribution in [0.15, 0.2) is 78.9 Å². The highest BCUT2D eigenvalue weighted by Crippen LogP contribution is 2.32. The van der Waals surface area contributed by atoms with Crippen molar-refractivity contribution in [2.45, 2.75) is 76.3 Å². The Morgan fingerprint density at radius 3 is 2.43 bits per heavy atom. The molecule has 2 amide bonds. The van der Waals surface area contributed by atoms with Crippen LogP contribution >= 0.6 is 0 Å². The fourth-order valence-electron chi connectivity index (χ4n) is 6.53.